The summed E-state index contributed by atoms with van der Waals surface area (Å²) in [6.45, 7) is 15.3. The van der Waals surface area contributed by atoms with Crippen LogP contribution >= 0.6 is 0 Å². The quantitative estimate of drug-likeness (QED) is 0.209. The van der Waals surface area contributed by atoms with E-state index < -0.39 is 5.41 Å². The monoisotopic (exact) mass is 510 g/mol. The van der Waals surface area contributed by atoms with E-state index in [1.165, 1.54) is 0 Å². The molecule has 0 heterocycles. The third kappa shape index (κ3) is 4.49. The highest BCUT2D eigenvalue weighted by Gasteiger charge is 2.39. The molecule has 4 rings (SSSR count). The van der Waals surface area contributed by atoms with Gasteiger partial charge < -0.3 is 20.4 Å². The number of hydrogen-bond donors (Lipinski definition) is 4. The predicted molar refractivity (Wildman–Crippen MR) is 154 cm³/mol. The number of phenols is 4. The van der Waals surface area contributed by atoms with Crippen LogP contribution in [0.3, 0.4) is 0 Å². The third-order valence-corrected chi connectivity index (χ3v) is 7.97. The predicted octanol–water partition coefficient (Wildman–Crippen LogP) is 7.55. The van der Waals surface area contributed by atoms with E-state index in [-0.39, 0.29) is 17.2 Å². The second-order valence-electron chi connectivity index (χ2n) is 11.0. The SMILES string of the molecule is Cc1cc(CC(c2cc(C)c(O)c(C)c2)(c2cc(C)c(O)c(C)c2)c2cc(C)c(O)c(C)c2)cc(C)c1O. The van der Waals surface area contributed by atoms with Crippen LogP contribution in [0.15, 0.2) is 48.5 Å². The molecule has 4 aromatic carbocycles. The molecule has 0 spiro atoms. The molecule has 0 aliphatic heterocycles. The first-order valence-corrected chi connectivity index (χ1v) is 13.0. The molecule has 4 heteroatoms. The Kier molecular flexibility index (Phi) is 6.96. The lowest BCUT2D eigenvalue weighted by molar-refractivity contribution is 0.462. The number of aryl methyl sites for hydroxylation is 8. The molecule has 4 N–H and O–H groups in total. The van der Waals surface area contributed by atoms with Gasteiger partial charge in [0.1, 0.15) is 23.0 Å². The van der Waals surface area contributed by atoms with Crippen LogP contribution in [-0.2, 0) is 11.8 Å². The van der Waals surface area contributed by atoms with Gasteiger partial charge in [-0.25, -0.2) is 0 Å². The van der Waals surface area contributed by atoms with Crippen LogP contribution in [0.2, 0.25) is 0 Å². The Morgan fingerprint density at radius 2 is 0.605 bits per heavy atom. The Morgan fingerprint density at radius 1 is 0.395 bits per heavy atom. The van der Waals surface area contributed by atoms with Crippen LogP contribution in [0.25, 0.3) is 0 Å². The van der Waals surface area contributed by atoms with Crippen molar-refractivity contribution in [2.24, 2.45) is 0 Å². The maximum absolute atomic E-state index is 10.7. The summed E-state index contributed by atoms with van der Waals surface area (Å²) >= 11 is 0. The molecule has 38 heavy (non-hydrogen) atoms. The molecule has 0 saturated carbocycles. The van der Waals surface area contributed by atoms with E-state index in [9.17, 15) is 20.4 Å². The molecule has 0 unspecified atom stereocenters. The van der Waals surface area contributed by atoms with Gasteiger partial charge in [-0.05, 0) is 129 Å². The number of aromatic hydroxyl groups is 4. The van der Waals surface area contributed by atoms with Crippen molar-refractivity contribution in [3.8, 4) is 23.0 Å². The average Bonchev–Trinajstić information content (AvgIpc) is 2.85. The fourth-order valence-electron chi connectivity index (χ4n) is 5.87. The van der Waals surface area contributed by atoms with Crippen LogP contribution in [0.4, 0.5) is 0 Å². The highest BCUT2D eigenvalue weighted by molar-refractivity contribution is 5.61. The summed E-state index contributed by atoms with van der Waals surface area (Å²) in [5, 5.41) is 42.6. The largest absolute Gasteiger partial charge is 0.507 e. The molecule has 0 fully saturated rings. The minimum Gasteiger partial charge on any atom is -0.507 e. The van der Waals surface area contributed by atoms with E-state index in [2.05, 4.69) is 0 Å². The molecule has 0 atom stereocenters. The maximum Gasteiger partial charge on any atom is 0.121 e. The van der Waals surface area contributed by atoms with Crippen LogP contribution in [0.1, 0.15) is 66.8 Å². The smallest absolute Gasteiger partial charge is 0.121 e. The Labute approximate surface area is 225 Å². The lowest BCUT2D eigenvalue weighted by Crippen LogP contribution is -2.33. The normalized spacial score (nSPS) is 11.7. The Hall–Kier alpha value is -3.92. The van der Waals surface area contributed by atoms with Gasteiger partial charge in [0.25, 0.3) is 0 Å². The topological polar surface area (TPSA) is 80.9 Å². The van der Waals surface area contributed by atoms with Gasteiger partial charge in [0, 0.05) is 5.41 Å². The summed E-state index contributed by atoms with van der Waals surface area (Å²) in [5.41, 5.74) is 9.62. The number of hydrogen-bond acceptors (Lipinski definition) is 4. The van der Waals surface area contributed by atoms with Gasteiger partial charge in [0.15, 0.2) is 0 Å². The van der Waals surface area contributed by atoms with E-state index in [4.69, 9.17) is 0 Å². The number of benzene rings is 4. The van der Waals surface area contributed by atoms with Crippen molar-refractivity contribution in [1.82, 2.24) is 0 Å². The standard InChI is InChI=1S/C34H38O4/c1-18-9-26(10-19(2)30(18)35)17-34(27-11-20(3)31(36)21(4)12-27,28-13-22(5)32(37)23(6)14-28)29-15-24(7)33(38)25(8)16-29/h9-16,35-38H,17H2,1-8H3. The van der Waals surface area contributed by atoms with E-state index in [0.717, 1.165) is 66.8 Å². The average molecular weight is 511 g/mol. The van der Waals surface area contributed by atoms with Crippen molar-refractivity contribution >= 4 is 0 Å². The van der Waals surface area contributed by atoms with E-state index in [1.807, 2.05) is 104 Å². The first kappa shape index (κ1) is 27.1. The molecule has 0 aliphatic rings. The summed E-state index contributed by atoms with van der Waals surface area (Å²) in [6.07, 6.45) is 0.561. The molecule has 4 nitrogen and oxygen atoms in total. The van der Waals surface area contributed by atoms with Gasteiger partial charge in [-0.1, -0.05) is 48.5 Å². The van der Waals surface area contributed by atoms with Crippen molar-refractivity contribution in [2.75, 3.05) is 0 Å². The molecular weight excluding hydrogens is 472 g/mol. The van der Waals surface area contributed by atoms with Crippen molar-refractivity contribution in [1.29, 1.82) is 0 Å². The van der Waals surface area contributed by atoms with Gasteiger partial charge in [-0.2, -0.15) is 0 Å². The molecule has 0 aliphatic carbocycles. The van der Waals surface area contributed by atoms with E-state index in [0.29, 0.717) is 12.2 Å². The van der Waals surface area contributed by atoms with Crippen LogP contribution < -0.4 is 0 Å². The van der Waals surface area contributed by atoms with Crippen LogP contribution in [0, 0.1) is 55.4 Å². The fourth-order valence-corrected chi connectivity index (χ4v) is 5.87. The third-order valence-electron chi connectivity index (χ3n) is 7.97. The number of rotatable bonds is 5. The summed E-state index contributed by atoms with van der Waals surface area (Å²) in [4.78, 5) is 0. The molecule has 4 aromatic rings. The summed E-state index contributed by atoms with van der Waals surface area (Å²) in [6, 6.07) is 16.3. The Balaban J connectivity index is 2.21. The molecule has 0 radical (unpaired) electrons. The minimum atomic E-state index is -0.731. The summed E-state index contributed by atoms with van der Waals surface area (Å²) < 4.78 is 0. The molecule has 0 aromatic heterocycles. The van der Waals surface area contributed by atoms with Gasteiger partial charge in [-0.3, -0.25) is 0 Å². The number of phenolic OH excluding ortho intramolecular Hbond substituents is 4. The van der Waals surface area contributed by atoms with Crippen LogP contribution in [-0.4, -0.2) is 20.4 Å². The van der Waals surface area contributed by atoms with Crippen molar-refractivity contribution in [3.63, 3.8) is 0 Å². The van der Waals surface area contributed by atoms with Gasteiger partial charge >= 0.3 is 0 Å². The molecule has 198 valence electrons. The zero-order chi connectivity index (χ0) is 28.1. The first-order valence-electron chi connectivity index (χ1n) is 13.0. The zero-order valence-electron chi connectivity index (χ0n) is 23.6. The fraction of sp³-hybridized carbons (Fsp3) is 0.294. The highest BCUT2D eigenvalue weighted by Crippen LogP contribution is 2.47. The molecular formula is C34H38O4. The van der Waals surface area contributed by atoms with Gasteiger partial charge in [0.2, 0.25) is 0 Å². The van der Waals surface area contributed by atoms with E-state index >= 15 is 0 Å². The lowest BCUT2D eigenvalue weighted by Gasteiger charge is -2.38. The molecule has 0 saturated heterocycles. The summed E-state index contributed by atoms with van der Waals surface area (Å²) in [5.74, 6) is 1.11. The summed E-state index contributed by atoms with van der Waals surface area (Å²) in [7, 11) is 0. The van der Waals surface area contributed by atoms with Crippen LogP contribution in [0.5, 0.6) is 23.0 Å². The Bertz CT molecular complexity index is 1330. The van der Waals surface area contributed by atoms with Gasteiger partial charge in [0.05, 0.1) is 0 Å². The first-order chi connectivity index (χ1) is 17.8. The minimum absolute atomic E-state index is 0.273. The maximum atomic E-state index is 10.7. The zero-order valence-corrected chi connectivity index (χ0v) is 23.6. The highest BCUT2D eigenvalue weighted by atomic mass is 16.3. The Morgan fingerprint density at radius 3 is 0.842 bits per heavy atom. The second-order valence-corrected chi connectivity index (χ2v) is 11.0. The van der Waals surface area contributed by atoms with Crippen molar-refractivity contribution in [2.45, 2.75) is 67.2 Å². The lowest BCUT2D eigenvalue weighted by atomic mass is 9.64. The molecule has 0 amide bonds. The van der Waals surface area contributed by atoms with Crippen molar-refractivity contribution < 1.29 is 20.4 Å². The van der Waals surface area contributed by atoms with Gasteiger partial charge in [-0.15, -0.1) is 0 Å². The second kappa shape index (κ2) is 9.75. The van der Waals surface area contributed by atoms with Crippen molar-refractivity contribution in [3.05, 3.63) is 115 Å². The van der Waals surface area contributed by atoms with E-state index in [1.54, 1.807) is 0 Å². The molecule has 0 bridgehead atoms.